The van der Waals surface area contributed by atoms with Crippen LogP contribution in [0, 0.1) is 6.92 Å². The number of amides is 1. The van der Waals surface area contributed by atoms with Crippen molar-refractivity contribution in [3.63, 3.8) is 0 Å². The van der Waals surface area contributed by atoms with Gasteiger partial charge in [0.15, 0.2) is 5.16 Å². The Morgan fingerprint density at radius 3 is 2.67 bits per heavy atom. The number of carbonyl (C=O) groups is 1. The first-order chi connectivity index (χ1) is 13.1. The smallest absolute Gasteiger partial charge is 0.272 e. The first kappa shape index (κ1) is 18.6. The molecule has 1 amide bonds. The molecule has 0 saturated carbocycles. The van der Waals surface area contributed by atoms with Crippen molar-refractivity contribution in [3.05, 3.63) is 45.9 Å². The summed E-state index contributed by atoms with van der Waals surface area (Å²) >= 11 is 2.96. The standard InChI is InChI=1S/C20H23N3O2S2/c1-14-5-7-15(8-6-14)23-19(25)18-16(9-12-26-18)21-20(23)27-13-17(24)22-10-3-2-4-11-22/h5-8H,2-4,9-13H2,1H3. The monoisotopic (exact) mass is 401 g/mol. The molecule has 27 heavy (non-hydrogen) atoms. The Hall–Kier alpha value is -1.73. The van der Waals surface area contributed by atoms with E-state index in [4.69, 9.17) is 4.98 Å². The van der Waals surface area contributed by atoms with Crippen molar-refractivity contribution in [1.29, 1.82) is 0 Å². The van der Waals surface area contributed by atoms with Crippen LogP contribution in [0.25, 0.3) is 5.69 Å². The van der Waals surface area contributed by atoms with Gasteiger partial charge in [0, 0.05) is 25.3 Å². The van der Waals surface area contributed by atoms with E-state index in [2.05, 4.69) is 0 Å². The van der Waals surface area contributed by atoms with E-state index in [1.54, 1.807) is 16.3 Å². The van der Waals surface area contributed by atoms with Gasteiger partial charge in [-0.3, -0.25) is 14.2 Å². The van der Waals surface area contributed by atoms with E-state index in [0.29, 0.717) is 10.9 Å². The molecule has 142 valence electrons. The van der Waals surface area contributed by atoms with Gasteiger partial charge in [-0.15, -0.1) is 11.8 Å². The lowest BCUT2D eigenvalue weighted by molar-refractivity contribution is -0.129. The third kappa shape index (κ3) is 3.94. The summed E-state index contributed by atoms with van der Waals surface area (Å²) in [5, 5.41) is 0.621. The van der Waals surface area contributed by atoms with Crippen LogP contribution in [-0.2, 0) is 11.2 Å². The summed E-state index contributed by atoms with van der Waals surface area (Å²) in [6.45, 7) is 3.72. The predicted molar refractivity (Wildman–Crippen MR) is 110 cm³/mol. The molecule has 3 heterocycles. The molecule has 0 spiro atoms. The van der Waals surface area contributed by atoms with Crippen molar-refractivity contribution in [3.8, 4) is 5.69 Å². The topological polar surface area (TPSA) is 55.2 Å². The van der Waals surface area contributed by atoms with Crippen LogP contribution >= 0.6 is 23.5 Å². The van der Waals surface area contributed by atoms with Gasteiger partial charge in [-0.25, -0.2) is 4.98 Å². The number of thioether (sulfide) groups is 2. The molecular formula is C20H23N3O2S2. The van der Waals surface area contributed by atoms with Gasteiger partial charge >= 0.3 is 0 Å². The number of benzene rings is 1. The fraction of sp³-hybridized carbons (Fsp3) is 0.450. The summed E-state index contributed by atoms with van der Waals surface area (Å²) in [7, 11) is 0. The average molecular weight is 402 g/mol. The number of rotatable bonds is 4. The fourth-order valence-corrected chi connectivity index (χ4v) is 5.43. The van der Waals surface area contributed by atoms with Gasteiger partial charge in [0.1, 0.15) is 0 Å². The molecule has 0 aliphatic carbocycles. The number of aromatic nitrogens is 2. The van der Waals surface area contributed by atoms with Crippen molar-refractivity contribution in [1.82, 2.24) is 14.5 Å². The maximum absolute atomic E-state index is 13.1. The minimum Gasteiger partial charge on any atom is -0.342 e. The van der Waals surface area contributed by atoms with Crippen LogP contribution in [0.15, 0.2) is 39.1 Å². The first-order valence-corrected chi connectivity index (χ1v) is 11.4. The second kappa shape index (κ2) is 8.10. The normalized spacial score (nSPS) is 16.4. The number of hydrogen-bond acceptors (Lipinski definition) is 5. The van der Waals surface area contributed by atoms with E-state index in [1.165, 1.54) is 18.2 Å². The number of nitrogens with zero attached hydrogens (tertiary/aromatic N) is 3. The highest BCUT2D eigenvalue weighted by Crippen LogP contribution is 2.30. The summed E-state index contributed by atoms with van der Waals surface area (Å²) in [5.41, 5.74) is 2.81. The molecule has 0 unspecified atom stereocenters. The Morgan fingerprint density at radius 1 is 1.19 bits per heavy atom. The SMILES string of the molecule is Cc1ccc(-n2c(SCC(=O)N3CCCCC3)nc3c(c2=O)SCC3)cc1. The van der Waals surface area contributed by atoms with Crippen molar-refractivity contribution in [2.45, 2.75) is 42.7 Å². The number of likely N-dealkylation sites (tertiary alicyclic amines) is 1. The third-order valence-corrected chi connectivity index (χ3v) is 7.02. The molecule has 4 rings (SSSR count). The molecule has 5 nitrogen and oxygen atoms in total. The Bertz CT molecular complexity index is 903. The zero-order valence-corrected chi connectivity index (χ0v) is 17.1. The minimum absolute atomic E-state index is 0.0146. The maximum atomic E-state index is 13.1. The Kier molecular flexibility index (Phi) is 5.59. The van der Waals surface area contributed by atoms with Crippen LogP contribution < -0.4 is 5.56 Å². The zero-order chi connectivity index (χ0) is 18.8. The van der Waals surface area contributed by atoms with Gasteiger partial charge in [0.2, 0.25) is 5.91 Å². The Labute approximate surface area is 167 Å². The lowest BCUT2D eigenvalue weighted by atomic mass is 10.1. The van der Waals surface area contributed by atoms with Crippen LogP contribution in [0.1, 0.15) is 30.5 Å². The molecule has 0 N–H and O–H groups in total. The maximum Gasteiger partial charge on any atom is 0.272 e. The van der Waals surface area contributed by atoms with Gasteiger partial charge in [0.25, 0.3) is 5.56 Å². The summed E-state index contributed by atoms with van der Waals surface area (Å²) in [5.74, 6) is 1.36. The van der Waals surface area contributed by atoms with Crippen molar-refractivity contribution >= 4 is 29.4 Å². The van der Waals surface area contributed by atoms with Crippen molar-refractivity contribution in [2.75, 3.05) is 24.6 Å². The zero-order valence-electron chi connectivity index (χ0n) is 15.4. The largest absolute Gasteiger partial charge is 0.342 e. The summed E-state index contributed by atoms with van der Waals surface area (Å²) in [6, 6.07) is 7.88. The highest BCUT2D eigenvalue weighted by Gasteiger charge is 2.24. The van der Waals surface area contributed by atoms with Crippen LogP contribution in [0.3, 0.4) is 0 Å². The number of aryl methyl sites for hydroxylation is 2. The summed E-state index contributed by atoms with van der Waals surface area (Å²) in [6.07, 6.45) is 4.18. The van der Waals surface area contributed by atoms with Gasteiger partial charge < -0.3 is 4.90 Å². The number of fused-ring (bicyclic) bond motifs is 1. The van der Waals surface area contributed by atoms with Crippen molar-refractivity contribution < 1.29 is 4.79 Å². The van der Waals surface area contributed by atoms with Crippen LogP contribution in [0.2, 0.25) is 0 Å². The van der Waals surface area contributed by atoms with Crippen LogP contribution in [0.5, 0.6) is 0 Å². The molecule has 0 radical (unpaired) electrons. The van der Waals surface area contributed by atoms with E-state index in [1.807, 2.05) is 36.1 Å². The molecule has 1 saturated heterocycles. The lowest BCUT2D eigenvalue weighted by Gasteiger charge is -2.26. The lowest BCUT2D eigenvalue weighted by Crippen LogP contribution is -2.37. The molecule has 2 aromatic rings. The minimum atomic E-state index is -0.0146. The highest BCUT2D eigenvalue weighted by molar-refractivity contribution is 8.00. The van der Waals surface area contributed by atoms with E-state index in [-0.39, 0.29) is 11.5 Å². The quantitative estimate of drug-likeness (QED) is 0.581. The molecule has 0 bridgehead atoms. The molecule has 1 aromatic carbocycles. The second-order valence-electron chi connectivity index (χ2n) is 6.97. The number of carbonyl (C=O) groups excluding carboxylic acids is 1. The molecule has 2 aliphatic heterocycles. The number of piperidine rings is 1. The van der Waals surface area contributed by atoms with Gasteiger partial charge in [-0.05, 0) is 38.3 Å². The number of hydrogen-bond donors (Lipinski definition) is 0. The van der Waals surface area contributed by atoms with E-state index in [9.17, 15) is 9.59 Å². The third-order valence-electron chi connectivity index (χ3n) is 4.99. The van der Waals surface area contributed by atoms with Gasteiger partial charge in [0.05, 0.1) is 22.0 Å². The Balaban J connectivity index is 1.64. The average Bonchev–Trinajstić information content (AvgIpc) is 3.17. The molecule has 0 atom stereocenters. The van der Waals surface area contributed by atoms with E-state index in [0.717, 1.165) is 59.9 Å². The highest BCUT2D eigenvalue weighted by atomic mass is 32.2. The molecule has 1 fully saturated rings. The summed E-state index contributed by atoms with van der Waals surface area (Å²) in [4.78, 5) is 33.1. The predicted octanol–water partition coefficient (Wildman–Crippen LogP) is 3.29. The first-order valence-electron chi connectivity index (χ1n) is 9.40. The van der Waals surface area contributed by atoms with Crippen LogP contribution in [0.4, 0.5) is 0 Å². The van der Waals surface area contributed by atoms with E-state index < -0.39 is 0 Å². The Morgan fingerprint density at radius 2 is 1.93 bits per heavy atom. The second-order valence-corrected chi connectivity index (χ2v) is 9.02. The van der Waals surface area contributed by atoms with Crippen LogP contribution in [-0.4, -0.2) is 45.0 Å². The molecule has 1 aromatic heterocycles. The van der Waals surface area contributed by atoms with Gasteiger partial charge in [-0.1, -0.05) is 29.5 Å². The fourth-order valence-electron chi connectivity index (χ4n) is 3.47. The van der Waals surface area contributed by atoms with Crippen molar-refractivity contribution in [2.24, 2.45) is 0 Å². The molecule has 7 heteroatoms. The van der Waals surface area contributed by atoms with E-state index >= 15 is 0 Å². The molecule has 2 aliphatic rings. The molecular weight excluding hydrogens is 378 g/mol. The van der Waals surface area contributed by atoms with Gasteiger partial charge in [-0.2, -0.15) is 0 Å². The summed E-state index contributed by atoms with van der Waals surface area (Å²) < 4.78 is 1.67.